The Kier molecular flexibility index (Phi) is 10.3. The van der Waals surface area contributed by atoms with Crippen LogP contribution in [0.3, 0.4) is 0 Å². The van der Waals surface area contributed by atoms with Gasteiger partial charge in [-0.15, -0.1) is 0 Å². The molecule has 1 fully saturated rings. The maximum atomic E-state index is 12.3. The summed E-state index contributed by atoms with van der Waals surface area (Å²) in [4.78, 5) is 27.9. The summed E-state index contributed by atoms with van der Waals surface area (Å²) in [7, 11) is 7.74. The minimum Gasteiger partial charge on any atom is -0.494 e. The molecule has 1 saturated heterocycles. The number of hydrogen-bond acceptors (Lipinski definition) is 9. The van der Waals surface area contributed by atoms with Crippen LogP contribution in [-0.2, 0) is 17.8 Å². The van der Waals surface area contributed by atoms with Gasteiger partial charge in [-0.25, -0.2) is 4.98 Å². The number of halogens is 1. The van der Waals surface area contributed by atoms with E-state index in [0.717, 1.165) is 55.2 Å². The highest BCUT2D eigenvalue weighted by Crippen LogP contribution is 2.32. The van der Waals surface area contributed by atoms with Crippen molar-refractivity contribution >= 4 is 40.5 Å². The van der Waals surface area contributed by atoms with Gasteiger partial charge in [0.15, 0.2) is 11.6 Å². The van der Waals surface area contributed by atoms with Gasteiger partial charge in [-0.2, -0.15) is 4.98 Å². The summed E-state index contributed by atoms with van der Waals surface area (Å²) in [6.45, 7) is 5.27. The number of nitrogens with one attached hydrogen (secondary N) is 2. The molecule has 1 aromatic heterocycles. The molecule has 9 nitrogen and oxygen atoms in total. The Bertz CT molecular complexity index is 1320. The molecule has 4 rings (SSSR count). The molecule has 2 heterocycles. The molecule has 212 valence electrons. The number of anilines is 4. The summed E-state index contributed by atoms with van der Waals surface area (Å²) in [6, 6.07) is 14.0. The fourth-order valence-electron chi connectivity index (χ4n) is 4.41. The van der Waals surface area contributed by atoms with Crippen LogP contribution >= 0.6 is 11.6 Å². The monoisotopic (exact) mass is 563 g/mol. The van der Waals surface area contributed by atoms with Crippen molar-refractivity contribution in [1.82, 2.24) is 19.8 Å². The van der Waals surface area contributed by atoms with E-state index in [1.54, 1.807) is 19.4 Å². The number of piperazine rings is 1. The van der Waals surface area contributed by atoms with E-state index in [-0.39, 0.29) is 5.78 Å². The van der Waals surface area contributed by atoms with Crippen LogP contribution < -0.4 is 20.3 Å². The lowest BCUT2D eigenvalue weighted by Crippen LogP contribution is -2.44. The number of hydrogen-bond donors (Lipinski definition) is 2. The number of carbonyl (C=O) groups excluding carboxylic acids is 1. The van der Waals surface area contributed by atoms with E-state index < -0.39 is 0 Å². The van der Waals surface area contributed by atoms with Crippen molar-refractivity contribution in [3.8, 4) is 5.75 Å². The van der Waals surface area contributed by atoms with Gasteiger partial charge in [0.25, 0.3) is 0 Å². The predicted octanol–water partition coefficient (Wildman–Crippen LogP) is 4.48. The Labute approximate surface area is 241 Å². The van der Waals surface area contributed by atoms with E-state index in [9.17, 15) is 4.79 Å². The highest BCUT2D eigenvalue weighted by molar-refractivity contribution is 6.32. The highest BCUT2D eigenvalue weighted by Gasteiger charge is 2.16. The maximum absolute atomic E-state index is 12.3. The number of methoxy groups -OCH3 is 1. The van der Waals surface area contributed by atoms with E-state index in [2.05, 4.69) is 43.5 Å². The SMILES string of the molecule is COc1cc(N2CCN(C)CC2)ccc1Nc1ncc(Cl)c(NCc2cccc(CC(=O)/C=C/CN(C)C)c2)n1. The zero-order valence-electron chi connectivity index (χ0n) is 23.7. The number of ketones is 1. The summed E-state index contributed by atoms with van der Waals surface area (Å²) >= 11 is 6.41. The number of carbonyl (C=O) groups is 1. The molecule has 0 saturated carbocycles. The number of nitrogens with zero attached hydrogens (tertiary/aromatic N) is 5. The van der Waals surface area contributed by atoms with Crippen molar-refractivity contribution in [1.29, 1.82) is 0 Å². The minimum atomic E-state index is 0.0773. The largest absolute Gasteiger partial charge is 0.494 e. The lowest BCUT2D eigenvalue weighted by atomic mass is 10.1. The Morgan fingerprint density at radius 2 is 1.90 bits per heavy atom. The van der Waals surface area contributed by atoms with Gasteiger partial charge in [-0.05, 0) is 50.5 Å². The predicted molar refractivity (Wildman–Crippen MR) is 163 cm³/mol. The summed E-state index contributed by atoms with van der Waals surface area (Å²) in [6.07, 6.45) is 5.46. The number of rotatable bonds is 12. The molecular weight excluding hydrogens is 526 g/mol. The van der Waals surface area contributed by atoms with Crippen LogP contribution in [0, 0.1) is 0 Å². The van der Waals surface area contributed by atoms with Crippen molar-refractivity contribution in [2.75, 3.05) is 76.5 Å². The third-order valence-electron chi connectivity index (χ3n) is 6.65. The molecule has 3 aromatic rings. The second kappa shape index (κ2) is 14.1. The van der Waals surface area contributed by atoms with Crippen LogP contribution in [-0.4, -0.2) is 86.5 Å². The third-order valence-corrected chi connectivity index (χ3v) is 6.92. The van der Waals surface area contributed by atoms with Gasteiger partial charge in [-0.3, -0.25) is 4.79 Å². The molecule has 10 heteroatoms. The quantitative estimate of drug-likeness (QED) is 0.310. The first-order valence-electron chi connectivity index (χ1n) is 13.4. The smallest absolute Gasteiger partial charge is 0.229 e. The van der Waals surface area contributed by atoms with Crippen LogP contribution in [0.1, 0.15) is 11.1 Å². The normalized spacial score (nSPS) is 14.1. The average molecular weight is 564 g/mol. The van der Waals surface area contributed by atoms with E-state index in [1.807, 2.05) is 61.5 Å². The molecule has 40 heavy (non-hydrogen) atoms. The van der Waals surface area contributed by atoms with Crippen molar-refractivity contribution in [2.24, 2.45) is 0 Å². The van der Waals surface area contributed by atoms with Gasteiger partial charge < -0.3 is 30.1 Å². The first-order chi connectivity index (χ1) is 19.3. The standard InChI is InChI=1S/C30H38ClN7O2/c1-36(2)12-6-9-25(39)18-22-7-5-8-23(17-22)20-32-29-26(31)21-33-30(35-29)34-27-11-10-24(19-28(27)40-4)38-15-13-37(3)14-16-38/h5-11,17,19,21H,12-16,18,20H2,1-4H3,(H2,32,33,34,35)/b9-6+. The van der Waals surface area contributed by atoms with Gasteiger partial charge in [0.1, 0.15) is 10.8 Å². The lowest BCUT2D eigenvalue weighted by molar-refractivity contribution is -0.114. The van der Waals surface area contributed by atoms with E-state index in [1.165, 1.54) is 0 Å². The highest BCUT2D eigenvalue weighted by atomic mass is 35.5. The Balaban J connectivity index is 1.39. The van der Waals surface area contributed by atoms with Crippen LogP contribution in [0.5, 0.6) is 5.75 Å². The lowest BCUT2D eigenvalue weighted by Gasteiger charge is -2.34. The Morgan fingerprint density at radius 1 is 1.12 bits per heavy atom. The van der Waals surface area contributed by atoms with Crippen LogP contribution in [0.2, 0.25) is 5.02 Å². The number of likely N-dealkylation sites (N-methyl/N-ethyl adjacent to an activating group) is 2. The molecule has 0 aliphatic carbocycles. The fraction of sp³-hybridized carbons (Fsp3) is 0.367. The molecule has 0 radical (unpaired) electrons. The van der Waals surface area contributed by atoms with Gasteiger partial charge >= 0.3 is 0 Å². The molecule has 0 bridgehead atoms. The average Bonchev–Trinajstić information content (AvgIpc) is 2.94. The molecule has 0 atom stereocenters. The Hall–Kier alpha value is -3.66. The number of allylic oxidation sites excluding steroid dienone is 1. The number of benzene rings is 2. The van der Waals surface area contributed by atoms with Crippen LogP contribution in [0.25, 0.3) is 0 Å². The number of aromatic nitrogens is 2. The molecular formula is C30H38ClN7O2. The molecule has 0 unspecified atom stereocenters. The summed E-state index contributed by atoms with van der Waals surface area (Å²) in [5.74, 6) is 1.71. The first kappa shape index (κ1) is 29.3. The van der Waals surface area contributed by atoms with Gasteiger partial charge in [0.2, 0.25) is 5.95 Å². The summed E-state index contributed by atoms with van der Waals surface area (Å²) < 4.78 is 5.67. The molecule has 1 aliphatic heterocycles. The van der Waals surface area contributed by atoms with Gasteiger partial charge in [0, 0.05) is 57.4 Å². The minimum absolute atomic E-state index is 0.0773. The molecule has 2 aromatic carbocycles. The number of ether oxygens (including phenoxy) is 1. The Morgan fingerprint density at radius 3 is 2.65 bits per heavy atom. The second-order valence-electron chi connectivity index (χ2n) is 10.2. The zero-order chi connectivity index (χ0) is 28.5. The van der Waals surface area contributed by atoms with E-state index in [0.29, 0.717) is 35.5 Å². The van der Waals surface area contributed by atoms with E-state index in [4.69, 9.17) is 16.3 Å². The molecule has 0 spiro atoms. The van der Waals surface area contributed by atoms with Crippen molar-refractivity contribution in [3.63, 3.8) is 0 Å². The molecule has 0 amide bonds. The topological polar surface area (TPSA) is 85.9 Å². The van der Waals surface area contributed by atoms with Crippen LogP contribution in [0.4, 0.5) is 23.1 Å². The van der Waals surface area contributed by atoms with Gasteiger partial charge in [0.05, 0.1) is 19.0 Å². The van der Waals surface area contributed by atoms with E-state index >= 15 is 0 Å². The third kappa shape index (κ3) is 8.42. The summed E-state index contributed by atoms with van der Waals surface area (Å²) in [5.41, 5.74) is 3.88. The van der Waals surface area contributed by atoms with Crippen molar-refractivity contribution in [3.05, 3.63) is 77.0 Å². The van der Waals surface area contributed by atoms with Crippen molar-refractivity contribution in [2.45, 2.75) is 13.0 Å². The fourth-order valence-corrected chi connectivity index (χ4v) is 4.56. The maximum Gasteiger partial charge on any atom is 0.229 e. The molecule has 1 aliphatic rings. The zero-order valence-corrected chi connectivity index (χ0v) is 24.4. The first-order valence-corrected chi connectivity index (χ1v) is 13.8. The van der Waals surface area contributed by atoms with Crippen molar-refractivity contribution < 1.29 is 9.53 Å². The molecule has 2 N–H and O–H groups in total. The van der Waals surface area contributed by atoms with Crippen LogP contribution in [0.15, 0.2) is 60.8 Å². The summed E-state index contributed by atoms with van der Waals surface area (Å²) in [5, 5.41) is 6.98. The van der Waals surface area contributed by atoms with Gasteiger partial charge in [-0.1, -0.05) is 41.9 Å². The second-order valence-corrected chi connectivity index (χ2v) is 10.6.